The summed E-state index contributed by atoms with van der Waals surface area (Å²) in [5, 5.41) is 3.05. The fourth-order valence-electron chi connectivity index (χ4n) is 4.98. The van der Waals surface area contributed by atoms with Gasteiger partial charge in [0.1, 0.15) is 18.0 Å². The summed E-state index contributed by atoms with van der Waals surface area (Å²) < 4.78 is 11.8. The first-order valence-corrected chi connectivity index (χ1v) is 11.4. The molecular formula is C24H38N2O3. The van der Waals surface area contributed by atoms with Gasteiger partial charge in [0.05, 0.1) is 0 Å². The van der Waals surface area contributed by atoms with Gasteiger partial charge >= 0.3 is 0 Å². The number of carbonyl (C=O) groups excluding carboxylic acids is 1. The van der Waals surface area contributed by atoms with Gasteiger partial charge in [0.2, 0.25) is 0 Å². The molecule has 0 bridgehead atoms. The predicted octanol–water partition coefficient (Wildman–Crippen LogP) is 4.72. The van der Waals surface area contributed by atoms with Gasteiger partial charge in [-0.2, -0.15) is 0 Å². The van der Waals surface area contributed by atoms with E-state index >= 15 is 0 Å². The number of amides is 1. The van der Waals surface area contributed by atoms with Crippen molar-refractivity contribution >= 4 is 11.6 Å². The summed E-state index contributed by atoms with van der Waals surface area (Å²) in [6.45, 7) is 11.2. The van der Waals surface area contributed by atoms with E-state index in [0.717, 1.165) is 55.5 Å². The van der Waals surface area contributed by atoms with E-state index in [9.17, 15) is 4.79 Å². The number of nitrogens with zero attached hydrogens (tertiary/aromatic N) is 1. The molecule has 2 atom stereocenters. The van der Waals surface area contributed by atoms with Crippen LogP contribution in [0.15, 0.2) is 24.3 Å². The van der Waals surface area contributed by atoms with E-state index in [1.165, 1.54) is 25.9 Å². The lowest BCUT2D eigenvalue weighted by Gasteiger charge is -2.35. The van der Waals surface area contributed by atoms with E-state index in [0.29, 0.717) is 13.2 Å². The van der Waals surface area contributed by atoms with Gasteiger partial charge in [-0.1, -0.05) is 33.1 Å². The lowest BCUT2D eigenvalue weighted by atomic mass is 9.83. The molecule has 2 unspecified atom stereocenters. The largest absolute Gasteiger partial charge is 0.492 e. The zero-order valence-corrected chi connectivity index (χ0v) is 18.4. The SMILES string of the molecule is CCOC1(C(=O)Nc2ccc(OCCN3CC(C)CC(C)C3)cc2)CCCCC1. The molecule has 162 valence electrons. The Morgan fingerprint density at radius 2 is 1.76 bits per heavy atom. The first kappa shape index (κ1) is 22.1. The molecule has 1 amide bonds. The Morgan fingerprint density at radius 1 is 1.10 bits per heavy atom. The molecule has 5 heteroatoms. The Balaban J connectivity index is 1.47. The van der Waals surface area contributed by atoms with Crippen LogP contribution in [0.1, 0.15) is 59.3 Å². The van der Waals surface area contributed by atoms with Crippen molar-refractivity contribution in [1.82, 2.24) is 4.90 Å². The first-order valence-electron chi connectivity index (χ1n) is 11.4. The van der Waals surface area contributed by atoms with Crippen molar-refractivity contribution in [3.05, 3.63) is 24.3 Å². The fourth-order valence-corrected chi connectivity index (χ4v) is 4.98. The van der Waals surface area contributed by atoms with Crippen LogP contribution in [-0.2, 0) is 9.53 Å². The molecule has 3 rings (SSSR count). The molecule has 1 saturated heterocycles. The van der Waals surface area contributed by atoms with Crippen LogP contribution in [0.25, 0.3) is 0 Å². The highest BCUT2D eigenvalue weighted by Crippen LogP contribution is 2.33. The number of benzene rings is 1. The molecule has 0 spiro atoms. The van der Waals surface area contributed by atoms with Crippen molar-refractivity contribution in [1.29, 1.82) is 0 Å². The van der Waals surface area contributed by atoms with E-state index < -0.39 is 5.60 Å². The smallest absolute Gasteiger partial charge is 0.256 e. The number of nitrogens with one attached hydrogen (secondary N) is 1. The maximum Gasteiger partial charge on any atom is 0.256 e. The average Bonchev–Trinajstić information content (AvgIpc) is 2.69. The van der Waals surface area contributed by atoms with Gasteiger partial charge in [-0.25, -0.2) is 0 Å². The van der Waals surface area contributed by atoms with Crippen molar-refractivity contribution in [2.75, 3.05) is 38.2 Å². The van der Waals surface area contributed by atoms with Crippen LogP contribution >= 0.6 is 0 Å². The summed E-state index contributed by atoms with van der Waals surface area (Å²) >= 11 is 0. The maximum atomic E-state index is 12.9. The molecular weight excluding hydrogens is 364 g/mol. The highest BCUT2D eigenvalue weighted by atomic mass is 16.5. The molecule has 1 aromatic rings. The molecule has 1 heterocycles. The summed E-state index contributed by atoms with van der Waals surface area (Å²) in [5.74, 6) is 2.37. The van der Waals surface area contributed by atoms with Crippen LogP contribution in [0.4, 0.5) is 5.69 Å². The minimum atomic E-state index is -0.662. The average molecular weight is 403 g/mol. The van der Waals surface area contributed by atoms with E-state index in [2.05, 4.69) is 24.1 Å². The Labute approximate surface area is 176 Å². The first-order chi connectivity index (χ1) is 14.0. The predicted molar refractivity (Wildman–Crippen MR) is 117 cm³/mol. The van der Waals surface area contributed by atoms with Crippen molar-refractivity contribution < 1.29 is 14.3 Å². The summed E-state index contributed by atoms with van der Waals surface area (Å²) in [5.41, 5.74) is 0.135. The standard InChI is InChI=1S/C24H38N2O3/c1-4-29-24(12-6-5-7-13-24)23(27)25-21-8-10-22(11-9-21)28-15-14-26-17-19(2)16-20(3)18-26/h8-11,19-20H,4-7,12-18H2,1-3H3,(H,25,27). The van der Waals surface area contributed by atoms with Crippen LogP contribution < -0.4 is 10.1 Å². The second kappa shape index (κ2) is 10.4. The fraction of sp³-hybridized carbons (Fsp3) is 0.708. The lowest BCUT2D eigenvalue weighted by Crippen LogP contribution is -2.47. The lowest BCUT2D eigenvalue weighted by molar-refractivity contribution is -0.145. The second-order valence-corrected chi connectivity index (χ2v) is 9.02. The van der Waals surface area contributed by atoms with Gasteiger partial charge in [0.25, 0.3) is 5.91 Å². The zero-order chi connectivity index (χ0) is 20.7. The normalized spacial score (nSPS) is 24.8. The Hall–Kier alpha value is -1.59. The Morgan fingerprint density at radius 3 is 2.38 bits per heavy atom. The summed E-state index contributed by atoms with van der Waals surface area (Å²) in [6, 6.07) is 7.71. The molecule has 29 heavy (non-hydrogen) atoms. The van der Waals surface area contributed by atoms with Crippen molar-refractivity contribution in [3.63, 3.8) is 0 Å². The third-order valence-electron chi connectivity index (χ3n) is 6.23. The summed E-state index contributed by atoms with van der Waals surface area (Å²) in [6.07, 6.45) is 6.23. The summed E-state index contributed by atoms with van der Waals surface area (Å²) in [4.78, 5) is 15.4. The van der Waals surface area contributed by atoms with Gasteiger partial charge in [0.15, 0.2) is 0 Å². The molecule has 1 saturated carbocycles. The van der Waals surface area contributed by atoms with Crippen LogP contribution in [0.3, 0.4) is 0 Å². The Bertz CT molecular complexity index is 625. The third-order valence-corrected chi connectivity index (χ3v) is 6.23. The molecule has 1 aliphatic carbocycles. The van der Waals surface area contributed by atoms with Crippen molar-refractivity contribution in [2.24, 2.45) is 11.8 Å². The van der Waals surface area contributed by atoms with E-state index in [1.807, 2.05) is 31.2 Å². The van der Waals surface area contributed by atoms with Gasteiger partial charge in [-0.05, 0) is 62.3 Å². The number of likely N-dealkylation sites (tertiary alicyclic amines) is 1. The monoisotopic (exact) mass is 402 g/mol. The van der Waals surface area contributed by atoms with Crippen LogP contribution in [0.5, 0.6) is 5.75 Å². The van der Waals surface area contributed by atoms with E-state index in [1.54, 1.807) is 0 Å². The minimum Gasteiger partial charge on any atom is -0.492 e. The molecule has 0 aromatic heterocycles. The topological polar surface area (TPSA) is 50.8 Å². The van der Waals surface area contributed by atoms with E-state index in [-0.39, 0.29) is 5.91 Å². The van der Waals surface area contributed by atoms with Crippen molar-refractivity contribution in [2.45, 2.75) is 64.9 Å². The Kier molecular flexibility index (Phi) is 7.96. The maximum absolute atomic E-state index is 12.9. The molecule has 2 fully saturated rings. The third kappa shape index (κ3) is 6.19. The zero-order valence-electron chi connectivity index (χ0n) is 18.4. The number of carbonyl (C=O) groups is 1. The number of anilines is 1. The van der Waals surface area contributed by atoms with Gasteiger partial charge in [-0.3, -0.25) is 9.69 Å². The van der Waals surface area contributed by atoms with Gasteiger partial charge < -0.3 is 14.8 Å². The molecule has 1 N–H and O–H groups in total. The molecule has 1 aliphatic heterocycles. The highest BCUT2D eigenvalue weighted by molar-refractivity contribution is 5.97. The van der Waals surface area contributed by atoms with E-state index in [4.69, 9.17) is 9.47 Å². The molecule has 5 nitrogen and oxygen atoms in total. The number of hydrogen-bond donors (Lipinski definition) is 1. The van der Waals surface area contributed by atoms with Gasteiger partial charge in [0, 0.05) is 31.9 Å². The molecule has 2 aliphatic rings. The minimum absolute atomic E-state index is 0.0129. The van der Waals surface area contributed by atoms with Crippen molar-refractivity contribution in [3.8, 4) is 5.75 Å². The highest BCUT2D eigenvalue weighted by Gasteiger charge is 2.40. The van der Waals surface area contributed by atoms with Gasteiger partial charge in [-0.15, -0.1) is 0 Å². The molecule has 1 aromatic carbocycles. The summed E-state index contributed by atoms with van der Waals surface area (Å²) in [7, 11) is 0. The number of rotatable bonds is 8. The quantitative estimate of drug-likeness (QED) is 0.683. The number of piperidine rings is 1. The van der Waals surface area contributed by atoms with Crippen LogP contribution in [0, 0.1) is 11.8 Å². The number of ether oxygens (including phenoxy) is 2. The second-order valence-electron chi connectivity index (χ2n) is 9.02. The van der Waals surface area contributed by atoms with Crippen LogP contribution in [-0.4, -0.2) is 49.3 Å². The molecule has 0 radical (unpaired) electrons. The van der Waals surface area contributed by atoms with Crippen LogP contribution in [0.2, 0.25) is 0 Å². The number of hydrogen-bond acceptors (Lipinski definition) is 4.